The highest BCUT2D eigenvalue weighted by Gasteiger charge is 2.08. The van der Waals surface area contributed by atoms with E-state index in [0.29, 0.717) is 0 Å². The van der Waals surface area contributed by atoms with Gasteiger partial charge >= 0.3 is 0 Å². The molecule has 0 radical (unpaired) electrons. The SMILES string of the molecule is CNc1nc(-c2cscc2C)ncc1I. The Morgan fingerprint density at radius 2 is 2.20 bits per heavy atom. The highest BCUT2D eigenvalue weighted by Crippen LogP contribution is 2.25. The second-order valence-electron chi connectivity index (χ2n) is 3.11. The van der Waals surface area contributed by atoms with E-state index in [-0.39, 0.29) is 0 Å². The lowest BCUT2D eigenvalue weighted by molar-refractivity contribution is 1.15. The van der Waals surface area contributed by atoms with Gasteiger partial charge in [-0.2, -0.15) is 11.3 Å². The molecule has 15 heavy (non-hydrogen) atoms. The van der Waals surface area contributed by atoms with Crippen molar-refractivity contribution in [2.45, 2.75) is 6.92 Å². The van der Waals surface area contributed by atoms with Crippen LogP contribution in [0.2, 0.25) is 0 Å². The van der Waals surface area contributed by atoms with E-state index in [1.165, 1.54) is 5.56 Å². The topological polar surface area (TPSA) is 37.8 Å². The van der Waals surface area contributed by atoms with Crippen LogP contribution < -0.4 is 5.32 Å². The van der Waals surface area contributed by atoms with Crippen LogP contribution in [0.1, 0.15) is 5.56 Å². The number of rotatable bonds is 2. The quantitative estimate of drug-likeness (QED) is 0.859. The van der Waals surface area contributed by atoms with Crippen molar-refractivity contribution in [3.63, 3.8) is 0 Å². The van der Waals surface area contributed by atoms with Crippen molar-refractivity contribution in [1.82, 2.24) is 9.97 Å². The first kappa shape index (κ1) is 10.8. The zero-order valence-electron chi connectivity index (χ0n) is 8.41. The summed E-state index contributed by atoms with van der Waals surface area (Å²) in [4.78, 5) is 8.81. The van der Waals surface area contributed by atoms with Gasteiger partial charge in [-0.25, -0.2) is 9.97 Å². The molecule has 0 atom stereocenters. The summed E-state index contributed by atoms with van der Waals surface area (Å²) < 4.78 is 1.03. The lowest BCUT2D eigenvalue weighted by Gasteiger charge is -2.04. The Kier molecular flexibility index (Phi) is 3.20. The molecule has 0 aliphatic carbocycles. The average molecular weight is 331 g/mol. The number of aryl methyl sites for hydroxylation is 1. The Bertz CT molecular complexity index is 481. The van der Waals surface area contributed by atoms with Crippen molar-refractivity contribution in [3.05, 3.63) is 26.1 Å². The normalized spacial score (nSPS) is 10.3. The maximum Gasteiger partial charge on any atom is 0.162 e. The standard InChI is InChI=1S/C10H10IN3S/c1-6-4-15-5-7(6)9-13-3-8(11)10(12-2)14-9/h3-5H,1-2H3,(H,12,13,14). The molecule has 0 aliphatic rings. The minimum absolute atomic E-state index is 0.790. The number of hydrogen-bond donors (Lipinski definition) is 1. The summed E-state index contributed by atoms with van der Waals surface area (Å²) in [6.45, 7) is 2.08. The van der Waals surface area contributed by atoms with Crippen molar-refractivity contribution in [2.24, 2.45) is 0 Å². The van der Waals surface area contributed by atoms with E-state index in [4.69, 9.17) is 0 Å². The molecule has 0 aliphatic heterocycles. The third kappa shape index (κ3) is 2.12. The van der Waals surface area contributed by atoms with Gasteiger partial charge in [0.25, 0.3) is 0 Å². The molecule has 78 valence electrons. The Hall–Kier alpha value is -0.690. The molecule has 1 N–H and O–H groups in total. The lowest BCUT2D eigenvalue weighted by atomic mass is 10.2. The van der Waals surface area contributed by atoms with Crippen LogP contribution in [-0.4, -0.2) is 17.0 Å². The van der Waals surface area contributed by atoms with Gasteiger partial charge in [-0.05, 0) is 40.5 Å². The van der Waals surface area contributed by atoms with Gasteiger partial charge in [-0.15, -0.1) is 0 Å². The Morgan fingerprint density at radius 3 is 2.80 bits per heavy atom. The number of thiophene rings is 1. The largest absolute Gasteiger partial charge is 0.372 e. The van der Waals surface area contributed by atoms with Crippen molar-refractivity contribution in [2.75, 3.05) is 12.4 Å². The van der Waals surface area contributed by atoms with Crippen LogP contribution in [0.15, 0.2) is 17.0 Å². The first-order chi connectivity index (χ1) is 7.22. The zero-order chi connectivity index (χ0) is 10.8. The van der Waals surface area contributed by atoms with Gasteiger partial charge in [-0.1, -0.05) is 0 Å². The highest BCUT2D eigenvalue weighted by atomic mass is 127. The van der Waals surface area contributed by atoms with Crippen LogP contribution in [0, 0.1) is 10.5 Å². The maximum absolute atomic E-state index is 4.47. The smallest absolute Gasteiger partial charge is 0.162 e. The van der Waals surface area contributed by atoms with Crippen LogP contribution >= 0.6 is 33.9 Å². The molecule has 2 heterocycles. The molecule has 0 aromatic carbocycles. The molecule has 2 rings (SSSR count). The molecule has 2 aromatic heterocycles. The van der Waals surface area contributed by atoms with E-state index < -0.39 is 0 Å². The fraction of sp³-hybridized carbons (Fsp3) is 0.200. The first-order valence-corrected chi connectivity index (χ1v) is 6.48. The minimum atomic E-state index is 0.790. The van der Waals surface area contributed by atoms with E-state index in [1.807, 2.05) is 13.2 Å². The van der Waals surface area contributed by atoms with E-state index in [1.54, 1.807) is 11.3 Å². The number of aromatic nitrogens is 2. The number of nitrogens with zero attached hydrogens (tertiary/aromatic N) is 2. The van der Waals surface area contributed by atoms with E-state index in [2.05, 4.69) is 55.6 Å². The molecule has 5 heteroatoms. The summed E-state index contributed by atoms with van der Waals surface area (Å²) in [6.07, 6.45) is 1.84. The molecule has 0 spiro atoms. The highest BCUT2D eigenvalue weighted by molar-refractivity contribution is 14.1. The van der Waals surface area contributed by atoms with Crippen molar-refractivity contribution in [1.29, 1.82) is 0 Å². The number of anilines is 1. The van der Waals surface area contributed by atoms with Crippen molar-refractivity contribution < 1.29 is 0 Å². The van der Waals surface area contributed by atoms with Gasteiger partial charge in [0.05, 0.1) is 3.57 Å². The predicted molar refractivity (Wildman–Crippen MR) is 72.3 cm³/mol. The van der Waals surface area contributed by atoms with Crippen LogP contribution in [0.4, 0.5) is 5.82 Å². The van der Waals surface area contributed by atoms with Gasteiger partial charge < -0.3 is 5.32 Å². The zero-order valence-corrected chi connectivity index (χ0v) is 11.4. The molecule has 3 nitrogen and oxygen atoms in total. The monoisotopic (exact) mass is 331 g/mol. The van der Waals surface area contributed by atoms with E-state index >= 15 is 0 Å². The van der Waals surface area contributed by atoms with Crippen LogP contribution in [0.25, 0.3) is 11.4 Å². The molecular weight excluding hydrogens is 321 g/mol. The number of hydrogen-bond acceptors (Lipinski definition) is 4. The molecule has 2 aromatic rings. The second kappa shape index (κ2) is 4.44. The summed E-state index contributed by atoms with van der Waals surface area (Å²) in [5.41, 5.74) is 2.34. The summed E-state index contributed by atoms with van der Waals surface area (Å²) in [6, 6.07) is 0. The number of halogens is 1. The molecule has 0 unspecified atom stereocenters. The maximum atomic E-state index is 4.47. The summed E-state index contributed by atoms with van der Waals surface area (Å²) in [5.74, 6) is 1.67. The van der Waals surface area contributed by atoms with Crippen molar-refractivity contribution in [3.8, 4) is 11.4 Å². The fourth-order valence-corrected chi connectivity index (χ4v) is 2.62. The second-order valence-corrected chi connectivity index (χ2v) is 5.01. The predicted octanol–water partition coefficient (Wildman–Crippen LogP) is 3.16. The minimum Gasteiger partial charge on any atom is -0.372 e. The van der Waals surface area contributed by atoms with Gasteiger partial charge in [0.2, 0.25) is 0 Å². The Balaban J connectivity index is 2.51. The molecular formula is C10H10IN3S. The molecule has 0 saturated carbocycles. The van der Waals surface area contributed by atoms with Gasteiger partial charge in [-0.3, -0.25) is 0 Å². The van der Waals surface area contributed by atoms with Gasteiger partial charge in [0, 0.05) is 24.2 Å². The fourth-order valence-electron chi connectivity index (χ4n) is 1.26. The Labute approximate surface area is 106 Å². The van der Waals surface area contributed by atoms with E-state index in [0.717, 1.165) is 20.8 Å². The molecule has 0 bridgehead atoms. The summed E-state index contributed by atoms with van der Waals surface area (Å²) >= 11 is 3.90. The third-order valence-corrected chi connectivity index (χ3v) is 3.73. The first-order valence-electron chi connectivity index (χ1n) is 4.46. The van der Waals surface area contributed by atoms with E-state index in [9.17, 15) is 0 Å². The molecule has 0 saturated heterocycles. The van der Waals surface area contributed by atoms with Crippen LogP contribution in [0.3, 0.4) is 0 Å². The van der Waals surface area contributed by atoms with Crippen molar-refractivity contribution >= 4 is 39.7 Å². The summed E-state index contributed by atoms with van der Waals surface area (Å²) in [5, 5.41) is 7.25. The van der Waals surface area contributed by atoms with Gasteiger partial charge in [0.15, 0.2) is 5.82 Å². The number of nitrogens with one attached hydrogen (secondary N) is 1. The molecule has 0 fully saturated rings. The lowest BCUT2D eigenvalue weighted by Crippen LogP contribution is -1.99. The average Bonchev–Trinajstić information content (AvgIpc) is 2.65. The van der Waals surface area contributed by atoms with Gasteiger partial charge in [0.1, 0.15) is 5.82 Å². The molecule has 0 amide bonds. The Morgan fingerprint density at radius 1 is 1.40 bits per heavy atom. The third-order valence-electron chi connectivity index (χ3n) is 2.08. The van der Waals surface area contributed by atoms with Crippen LogP contribution in [-0.2, 0) is 0 Å². The van der Waals surface area contributed by atoms with Crippen LogP contribution in [0.5, 0.6) is 0 Å². The summed E-state index contributed by atoms with van der Waals surface area (Å²) in [7, 11) is 1.87.